The highest BCUT2D eigenvalue weighted by molar-refractivity contribution is 8.14. The Kier molecular flexibility index (Phi) is 9.81. The normalized spacial score (nSPS) is 19.9. The van der Waals surface area contributed by atoms with Crippen molar-refractivity contribution in [2.75, 3.05) is 20.2 Å². The van der Waals surface area contributed by atoms with Crippen LogP contribution < -0.4 is 5.48 Å². The van der Waals surface area contributed by atoms with Gasteiger partial charge in [0.05, 0.1) is 19.3 Å². The molecule has 38 heavy (non-hydrogen) atoms. The number of benzene rings is 1. The molecule has 1 aliphatic heterocycles. The summed E-state index contributed by atoms with van der Waals surface area (Å²) in [7, 11) is 1.40. The van der Waals surface area contributed by atoms with Gasteiger partial charge in [0, 0.05) is 49.7 Å². The van der Waals surface area contributed by atoms with Crippen LogP contribution in [0, 0.1) is 11.7 Å². The van der Waals surface area contributed by atoms with Crippen LogP contribution >= 0.6 is 11.8 Å². The molecular formula is C27H34FN5O4S. The van der Waals surface area contributed by atoms with Crippen molar-refractivity contribution in [2.45, 2.75) is 63.3 Å². The summed E-state index contributed by atoms with van der Waals surface area (Å²) in [6.45, 7) is 3.18. The quantitative estimate of drug-likeness (QED) is 0.319. The molecule has 0 bridgehead atoms. The smallest absolute Gasteiger partial charge is 0.243 e. The van der Waals surface area contributed by atoms with Gasteiger partial charge in [-0.1, -0.05) is 35.2 Å². The second kappa shape index (κ2) is 13.3. The minimum Gasteiger partial charge on any atom is -0.297 e. The van der Waals surface area contributed by atoms with Crippen molar-refractivity contribution < 1.29 is 23.6 Å². The molecule has 204 valence electrons. The van der Waals surface area contributed by atoms with Crippen LogP contribution in [0.5, 0.6) is 0 Å². The third-order valence-electron chi connectivity index (χ3n) is 6.75. The Morgan fingerprint density at radius 3 is 2.74 bits per heavy atom. The number of hydrogen-bond donors (Lipinski definition) is 1. The van der Waals surface area contributed by atoms with Crippen LogP contribution in [-0.4, -0.2) is 62.1 Å². The molecule has 1 aromatic heterocycles. The van der Waals surface area contributed by atoms with Crippen LogP contribution in [0.4, 0.5) is 4.39 Å². The Labute approximate surface area is 226 Å². The molecule has 1 N–H and O–H groups in total. The van der Waals surface area contributed by atoms with Gasteiger partial charge >= 0.3 is 0 Å². The fourth-order valence-electron chi connectivity index (χ4n) is 4.80. The maximum absolute atomic E-state index is 14.9. The second-order valence-electron chi connectivity index (χ2n) is 9.77. The van der Waals surface area contributed by atoms with E-state index in [1.54, 1.807) is 29.8 Å². The van der Waals surface area contributed by atoms with E-state index in [-0.39, 0.29) is 33.8 Å². The van der Waals surface area contributed by atoms with Gasteiger partial charge < -0.3 is 0 Å². The fraction of sp³-hybridized carbons (Fsp3) is 0.519. The summed E-state index contributed by atoms with van der Waals surface area (Å²) in [5.74, 6) is -0.491. The van der Waals surface area contributed by atoms with Gasteiger partial charge in [-0.15, -0.1) is 5.10 Å². The van der Waals surface area contributed by atoms with E-state index < -0.39 is 6.04 Å². The molecule has 1 aromatic carbocycles. The number of likely N-dealkylation sites (tertiary alicyclic amines) is 1. The molecule has 1 aliphatic carbocycles. The van der Waals surface area contributed by atoms with Crippen molar-refractivity contribution in [1.29, 1.82) is 0 Å². The molecule has 2 unspecified atom stereocenters. The van der Waals surface area contributed by atoms with E-state index in [2.05, 4.69) is 20.6 Å². The monoisotopic (exact) mass is 543 g/mol. The number of thioether (sulfide) groups is 1. The number of Topliss-reactive ketones (excluding diaryl/α,β-unsaturated/α-hetero) is 1. The molecule has 2 heterocycles. The number of rotatable bonds is 12. The number of amides is 1. The molecule has 2 atom stereocenters. The van der Waals surface area contributed by atoms with Crippen LogP contribution in [-0.2, 0) is 25.8 Å². The maximum Gasteiger partial charge on any atom is 0.243 e. The molecule has 1 saturated heterocycles. The molecule has 2 aliphatic rings. The first-order chi connectivity index (χ1) is 18.4. The average Bonchev–Trinajstić information content (AvgIpc) is 3.64. The summed E-state index contributed by atoms with van der Waals surface area (Å²) >= 11 is 1.28. The van der Waals surface area contributed by atoms with Crippen molar-refractivity contribution in [3.63, 3.8) is 0 Å². The van der Waals surface area contributed by atoms with Crippen LogP contribution in [0.2, 0.25) is 0 Å². The third-order valence-corrected chi connectivity index (χ3v) is 7.90. The van der Waals surface area contributed by atoms with Crippen LogP contribution in [0.3, 0.4) is 0 Å². The van der Waals surface area contributed by atoms with Crippen molar-refractivity contribution in [1.82, 2.24) is 25.4 Å². The lowest BCUT2D eigenvalue weighted by atomic mass is 9.93. The first kappa shape index (κ1) is 28.1. The summed E-state index contributed by atoms with van der Waals surface area (Å²) in [6, 6.07) is 5.85. The SMILES string of the molecule is CONC(=O)CCCCn1cc(/C=C2/CN(C(C(=O)C3CC3)c3ccccc3F)CCC2SC(C)=O)nn1. The molecule has 2 aromatic rings. The number of hydroxylamine groups is 1. The highest BCUT2D eigenvalue weighted by Crippen LogP contribution is 2.40. The standard InChI is InChI=1S/C27H34FN5O4S/c1-18(34)38-24-12-14-32(26(27(36)19-10-11-19)22-7-3-4-8-23(22)28)16-20(24)15-21-17-33(31-29-21)13-6-5-9-25(35)30-37-2/h3-4,7-8,15,17,19,24,26H,5-6,9-14,16H2,1-2H3,(H,30,35)/b20-15-. The third kappa shape index (κ3) is 7.58. The van der Waals surface area contributed by atoms with E-state index in [1.165, 1.54) is 24.9 Å². The highest BCUT2D eigenvalue weighted by atomic mass is 32.2. The lowest BCUT2D eigenvalue weighted by Gasteiger charge is -2.38. The number of nitrogens with one attached hydrogen (secondary N) is 1. The lowest BCUT2D eigenvalue weighted by molar-refractivity contribution is -0.131. The van der Waals surface area contributed by atoms with Gasteiger partial charge in [0.2, 0.25) is 5.91 Å². The molecular weight excluding hydrogens is 509 g/mol. The fourth-order valence-corrected chi connectivity index (χ4v) is 5.72. The maximum atomic E-state index is 14.9. The Morgan fingerprint density at radius 2 is 2.03 bits per heavy atom. The lowest BCUT2D eigenvalue weighted by Crippen LogP contribution is -2.43. The Bertz CT molecular complexity index is 1180. The number of aromatic nitrogens is 3. The first-order valence-corrected chi connectivity index (χ1v) is 13.9. The molecule has 9 nitrogen and oxygen atoms in total. The van der Waals surface area contributed by atoms with Crippen molar-refractivity contribution in [3.05, 3.63) is 53.1 Å². The van der Waals surface area contributed by atoms with Crippen LogP contribution in [0.1, 0.15) is 62.7 Å². The number of halogens is 1. The molecule has 1 saturated carbocycles. The molecule has 2 fully saturated rings. The Balaban J connectivity index is 1.50. The van der Waals surface area contributed by atoms with Crippen molar-refractivity contribution in [2.24, 2.45) is 5.92 Å². The molecule has 1 amide bonds. The number of ketones is 1. The minimum absolute atomic E-state index is 0.0168. The van der Waals surface area contributed by atoms with Gasteiger partial charge in [-0.3, -0.25) is 28.8 Å². The van der Waals surface area contributed by atoms with Gasteiger partial charge in [-0.05, 0) is 49.8 Å². The van der Waals surface area contributed by atoms with E-state index >= 15 is 0 Å². The number of hydrogen-bond acceptors (Lipinski definition) is 8. The highest BCUT2D eigenvalue weighted by Gasteiger charge is 2.41. The topological polar surface area (TPSA) is 106 Å². The van der Waals surface area contributed by atoms with Gasteiger partial charge in [-0.2, -0.15) is 0 Å². The number of carbonyl (C=O) groups is 3. The summed E-state index contributed by atoms with van der Waals surface area (Å²) in [5, 5.41) is 8.45. The zero-order chi connectivity index (χ0) is 27.1. The number of piperidine rings is 1. The predicted octanol–water partition coefficient (Wildman–Crippen LogP) is 3.72. The van der Waals surface area contributed by atoms with Crippen molar-refractivity contribution in [3.8, 4) is 0 Å². The summed E-state index contributed by atoms with van der Waals surface area (Å²) in [4.78, 5) is 43.5. The molecule has 4 rings (SSSR count). The number of unbranched alkanes of at least 4 members (excludes halogenated alkanes) is 1. The van der Waals surface area contributed by atoms with Crippen LogP contribution in [0.25, 0.3) is 6.08 Å². The average molecular weight is 544 g/mol. The first-order valence-electron chi connectivity index (χ1n) is 13.0. The van der Waals surface area contributed by atoms with E-state index in [0.717, 1.165) is 24.8 Å². The van der Waals surface area contributed by atoms with Crippen molar-refractivity contribution >= 4 is 34.6 Å². The number of carbonyl (C=O) groups excluding carboxylic acids is 3. The second-order valence-corrected chi connectivity index (χ2v) is 11.1. The number of nitrogens with zero attached hydrogens (tertiary/aromatic N) is 4. The largest absolute Gasteiger partial charge is 0.297 e. The zero-order valence-electron chi connectivity index (χ0n) is 21.8. The zero-order valence-corrected chi connectivity index (χ0v) is 22.6. The summed E-state index contributed by atoms with van der Waals surface area (Å²) < 4.78 is 16.6. The molecule has 0 spiro atoms. The van der Waals surface area contributed by atoms with Crippen LogP contribution in [0.15, 0.2) is 36.0 Å². The summed E-state index contributed by atoms with van der Waals surface area (Å²) in [5.41, 5.74) is 4.33. The Morgan fingerprint density at radius 1 is 1.24 bits per heavy atom. The molecule has 11 heteroatoms. The molecule has 0 radical (unpaired) electrons. The predicted molar refractivity (Wildman–Crippen MR) is 142 cm³/mol. The minimum atomic E-state index is -0.652. The van der Waals surface area contributed by atoms with E-state index in [9.17, 15) is 18.8 Å². The Hall–Kier alpha value is -2.89. The van der Waals surface area contributed by atoms with Gasteiger partial charge in [0.1, 0.15) is 11.5 Å². The van der Waals surface area contributed by atoms with E-state index in [4.69, 9.17) is 0 Å². The number of aryl methyl sites for hydroxylation is 1. The van der Waals surface area contributed by atoms with Gasteiger partial charge in [-0.25, -0.2) is 9.87 Å². The van der Waals surface area contributed by atoms with E-state index in [1.807, 2.05) is 17.2 Å². The van der Waals surface area contributed by atoms with Gasteiger partial charge in [0.15, 0.2) is 10.9 Å². The summed E-state index contributed by atoms with van der Waals surface area (Å²) in [6.07, 6.45) is 7.93. The van der Waals surface area contributed by atoms with Gasteiger partial charge in [0.25, 0.3) is 0 Å². The van der Waals surface area contributed by atoms with E-state index in [0.29, 0.717) is 50.2 Å².